The number of ether oxygens (including phenoxy) is 10. The van der Waals surface area contributed by atoms with Crippen LogP contribution < -0.4 is 4.74 Å². The Morgan fingerprint density at radius 1 is 0.635 bits per heavy atom. The zero-order chi connectivity index (χ0) is 53.3. The van der Waals surface area contributed by atoms with Gasteiger partial charge in [-0.1, -0.05) is 12.1 Å². The minimum atomic E-state index is -2.04. The maximum absolute atomic E-state index is 13.1. The van der Waals surface area contributed by atoms with Gasteiger partial charge in [-0.2, -0.15) is 0 Å². The van der Waals surface area contributed by atoms with Crippen LogP contribution in [0.3, 0.4) is 0 Å². The number of carbonyl (C=O) groups excluding carboxylic acids is 1. The number of benzene rings is 2. The van der Waals surface area contributed by atoms with Gasteiger partial charge in [0.2, 0.25) is 30.7 Å². The maximum atomic E-state index is 13.1. The summed E-state index contributed by atoms with van der Waals surface area (Å²) in [6, 6.07) is 9.38. The quantitative estimate of drug-likeness (QED) is 0.0342. The molecule has 74 heavy (non-hydrogen) atoms. The summed E-state index contributed by atoms with van der Waals surface area (Å²) in [5, 5.41) is 167. The van der Waals surface area contributed by atoms with Gasteiger partial charge in [0, 0.05) is 24.3 Å². The van der Waals surface area contributed by atoms with Crippen LogP contribution in [0.2, 0.25) is 0 Å². The van der Waals surface area contributed by atoms with Crippen LogP contribution in [0.4, 0.5) is 0 Å². The summed E-state index contributed by atoms with van der Waals surface area (Å²) in [5.41, 5.74) is 0.535. The van der Waals surface area contributed by atoms with Crippen LogP contribution in [-0.2, 0) is 42.7 Å². The monoisotopic (exact) mass is 1050 g/mol. The van der Waals surface area contributed by atoms with Crippen molar-refractivity contribution in [1.29, 1.82) is 0 Å². The molecule has 20 atom stereocenters. The highest BCUT2D eigenvalue weighted by atomic mass is 16.8. The van der Waals surface area contributed by atoms with E-state index in [0.717, 1.165) is 24.3 Å². The zero-order valence-electron chi connectivity index (χ0n) is 38.5. The molecule has 2 aromatic carbocycles. The van der Waals surface area contributed by atoms with E-state index in [-0.39, 0.29) is 34.2 Å². The fourth-order valence-electron chi connectivity index (χ4n) is 8.50. The third-order valence-corrected chi connectivity index (χ3v) is 12.8. The maximum Gasteiger partial charge on any atom is 0.330 e. The van der Waals surface area contributed by atoms with Gasteiger partial charge in [-0.05, 0) is 35.9 Å². The van der Waals surface area contributed by atoms with Crippen molar-refractivity contribution in [3.8, 4) is 17.2 Å². The Morgan fingerprint density at radius 3 is 1.88 bits per heavy atom. The van der Waals surface area contributed by atoms with Gasteiger partial charge in [0.15, 0.2) is 23.9 Å². The highest BCUT2D eigenvalue weighted by Crippen LogP contribution is 2.41. The third kappa shape index (κ3) is 11.6. The second-order valence-electron chi connectivity index (χ2n) is 17.8. The Labute approximate surface area is 418 Å². The van der Waals surface area contributed by atoms with Crippen molar-refractivity contribution in [2.45, 2.75) is 123 Å². The number of allylic oxidation sites excluding steroid dienone is 2. The summed E-state index contributed by atoms with van der Waals surface area (Å²) in [7, 11) is 0. The van der Waals surface area contributed by atoms with Gasteiger partial charge in [-0.3, -0.25) is 0 Å². The molecule has 0 saturated carbocycles. The van der Waals surface area contributed by atoms with Gasteiger partial charge < -0.3 is 129 Å². The van der Waals surface area contributed by atoms with E-state index in [1.54, 1.807) is 0 Å². The van der Waals surface area contributed by atoms with Gasteiger partial charge in [0.05, 0.1) is 37.0 Å². The second kappa shape index (κ2) is 23.2. The van der Waals surface area contributed by atoms with E-state index in [0.29, 0.717) is 5.56 Å². The fourth-order valence-corrected chi connectivity index (χ4v) is 8.50. The first kappa shape index (κ1) is 54.7. The standard InChI is InChI=1S/C47H56O27/c48-13-28-33(56)36(59)40(63)45(71-28)67-20-5-1-17(2-6-20)3-8-31(54)65-16-30-35(58)38(61)43(74-44-39(62)32(55)24(53)15-66-44)47(73-30)70-27-12-21-25(68-42(27)18-4-7-22(51)23(52)9-18)10-19(50)11-26(21)69-46-41(64)37(60)34(57)29(14-49)72-46/h1-12,24-25,28-30,32-41,43-53,55-64H,13-16H2/p+1/b8-3+/t24-,25?,28?,29?,30?,32-,33-,34-,35-,36?,37?,38?,39?,40+,41+,43+,44+,45-,46-,47-/m1/s1. The Balaban J connectivity index is 1.04. The number of aliphatic hydroxyl groups excluding tert-OH is 14. The predicted octanol–water partition coefficient (Wildman–Crippen LogP) is -5.52. The molecule has 0 aromatic heterocycles. The van der Waals surface area contributed by atoms with Crippen molar-refractivity contribution in [1.82, 2.24) is 0 Å². The van der Waals surface area contributed by atoms with Crippen LogP contribution in [0.1, 0.15) is 11.1 Å². The van der Waals surface area contributed by atoms with Gasteiger partial charge in [0.25, 0.3) is 0 Å². The molecule has 8 rings (SSSR count). The van der Waals surface area contributed by atoms with E-state index in [2.05, 4.69) is 4.74 Å². The van der Waals surface area contributed by atoms with Crippen LogP contribution in [-0.4, -0.2) is 242 Å². The molecule has 2 aromatic rings. The zero-order valence-corrected chi connectivity index (χ0v) is 38.5. The van der Waals surface area contributed by atoms with Crippen molar-refractivity contribution in [2.75, 3.05) is 26.4 Å². The van der Waals surface area contributed by atoms with Crippen LogP contribution in [0.15, 0.2) is 89.6 Å². The summed E-state index contributed by atoms with van der Waals surface area (Å²) in [6.07, 6.45) is -27.9. The summed E-state index contributed by atoms with van der Waals surface area (Å²) in [4.78, 5) is 13.1. The molecule has 4 fully saturated rings. The minimum absolute atomic E-state index is 0.0479. The SMILES string of the molecule is O=C(/C=C/c1ccc(O[C@@H]2OC(CO)[C@@H](O)C(O)[C@@H]2O)cc1)OCC1O[C@@H](OC2=C(c3ccc(O)c(O)c3)[OH+]C3C=C(O)C=C(O[C@@H]4OC(CO)[C@@H](O)C(O)[C@@H]4O)C3=C2)[C@@H](O[C@@H]2OC[C@@H](O)[C@@H](O)C2O)C(O)[C@@H]1O. The molecule has 6 aliphatic rings. The molecule has 5 heterocycles. The minimum Gasteiger partial charge on any atom is -0.571 e. The number of hydrogen-bond acceptors (Lipinski definition) is 26. The van der Waals surface area contributed by atoms with E-state index < -0.39 is 172 Å². The third-order valence-electron chi connectivity index (χ3n) is 12.8. The lowest BCUT2D eigenvalue weighted by Gasteiger charge is -2.44. The number of esters is 1. The first-order valence-electron chi connectivity index (χ1n) is 23.0. The molecular weight excluding hydrogens is 996 g/mol. The second-order valence-corrected chi connectivity index (χ2v) is 17.8. The van der Waals surface area contributed by atoms with Gasteiger partial charge in [-0.25, -0.2) is 4.79 Å². The number of hydrogen-bond donors (Lipinski definition) is 16. The highest BCUT2D eigenvalue weighted by molar-refractivity contribution is 5.87. The smallest absolute Gasteiger partial charge is 0.330 e. The molecule has 5 aliphatic heterocycles. The molecule has 0 bridgehead atoms. The van der Waals surface area contributed by atoms with Crippen LogP contribution in [0.5, 0.6) is 17.2 Å². The Kier molecular flexibility index (Phi) is 17.1. The molecular formula is C47H57O27+. The molecule has 4 saturated heterocycles. The molecule has 406 valence electrons. The molecule has 8 unspecified atom stereocenters. The Hall–Kier alpha value is -5.51. The molecule has 27 nitrogen and oxygen atoms in total. The van der Waals surface area contributed by atoms with Crippen LogP contribution in [0.25, 0.3) is 11.8 Å². The Morgan fingerprint density at radius 2 is 1.24 bits per heavy atom. The van der Waals surface area contributed by atoms with E-state index in [1.807, 2.05) is 0 Å². The van der Waals surface area contributed by atoms with Crippen LogP contribution in [0, 0.1) is 0 Å². The van der Waals surface area contributed by atoms with Gasteiger partial charge in [0.1, 0.15) is 109 Å². The topological polar surface area (TPSA) is 437 Å². The van der Waals surface area contributed by atoms with E-state index in [4.69, 9.17) is 42.6 Å². The summed E-state index contributed by atoms with van der Waals surface area (Å²) < 4.78 is 56.2. The average Bonchev–Trinajstić information content (AvgIpc) is 3.38. The number of fused-ring (bicyclic) bond motifs is 1. The number of phenolic OH excluding ortho intramolecular Hbond substituents is 2. The van der Waals surface area contributed by atoms with Crippen molar-refractivity contribution in [3.05, 3.63) is 101 Å². The number of aromatic hydroxyl groups is 2. The predicted molar refractivity (Wildman–Crippen MR) is 240 cm³/mol. The first-order chi connectivity index (χ1) is 35.3. The van der Waals surface area contributed by atoms with E-state index in [1.165, 1.54) is 48.6 Å². The lowest BCUT2D eigenvalue weighted by molar-refractivity contribution is -0.351. The van der Waals surface area contributed by atoms with Crippen molar-refractivity contribution in [2.24, 2.45) is 0 Å². The molecule has 0 amide bonds. The number of rotatable bonds is 15. The normalized spacial score (nSPS) is 38.5. The van der Waals surface area contributed by atoms with Gasteiger partial charge in [-0.15, -0.1) is 0 Å². The lowest BCUT2D eigenvalue weighted by atomic mass is 9.96. The van der Waals surface area contributed by atoms with Gasteiger partial charge >= 0.3 is 11.7 Å². The van der Waals surface area contributed by atoms with Crippen LogP contribution >= 0.6 is 0 Å². The summed E-state index contributed by atoms with van der Waals surface area (Å²) in [6.45, 7) is -2.77. The molecule has 0 spiro atoms. The number of phenols is 2. The lowest BCUT2D eigenvalue weighted by Crippen LogP contribution is -2.63. The average molecular weight is 1050 g/mol. The largest absolute Gasteiger partial charge is 0.571 e. The molecule has 1 aliphatic carbocycles. The summed E-state index contributed by atoms with van der Waals surface area (Å²) >= 11 is 0. The number of carbonyl (C=O) groups is 1. The molecule has 0 radical (unpaired) electrons. The van der Waals surface area contributed by atoms with Crippen molar-refractivity contribution < 1.29 is 134 Å². The van der Waals surface area contributed by atoms with E-state index >= 15 is 0 Å². The Bertz CT molecular complexity index is 2440. The summed E-state index contributed by atoms with van der Waals surface area (Å²) in [5.74, 6) is -3.10. The fraction of sp³-hybridized carbons (Fsp3) is 0.511. The van der Waals surface area contributed by atoms with Crippen molar-refractivity contribution in [3.63, 3.8) is 0 Å². The van der Waals surface area contributed by atoms with E-state index in [9.17, 15) is 86.5 Å². The molecule has 17 N–H and O–H groups in total. The molecule has 27 heteroatoms. The number of aliphatic hydroxyl groups is 16. The first-order valence-corrected chi connectivity index (χ1v) is 23.0. The highest BCUT2D eigenvalue weighted by Gasteiger charge is 2.52. The van der Waals surface area contributed by atoms with Crippen molar-refractivity contribution >= 4 is 17.8 Å².